The second-order valence-electron chi connectivity index (χ2n) is 7.23. The molecule has 0 spiro atoms. The normalized spacial score (nSPS) is 10.9. The number of hydrogen-bond donors (Lipinski definition) is 2. The fraction of sp³-hybridized carbons (Fsp3) is 0.0800. The minimum atomic E-state index is -0.482. The van der Waals surface area contributed by atoms with Crippen molar-refractivity contribution < 1.29 is 23.5 Å². The SMILES string of the molecule is COc1cc(/C=N/NC(=O)c2cc3cc(Br)ccc3o2)cc(Br)c1OCC(=O)Nc1ccccc1. The highest BCUT2D eigenvalue weighted by atomic mass is 79.9. The zero-order chi connectivity index (χ0) is 24.8. The molecule has 35 heavy (non-hydrogen) atoms. The van der Waals surface area contributed by atoms with Crippen molar-refractivity contribution in [3.05, 3.63) is 87.0 Å². The third-order valence-corrected chi connectivity index (χ3v) is 5.82. The van der Waals surface area contributed by atoms with E-state index in [1.165, 1.54) is 13.3 Å². The standard InChI is InChI=1S/C25H19Br2N3O5/c1-33-21-10-15(9-19(27)24(21)34-14-23(31)29-18-5-3-2-4-6-18)13-28-30-25(32)22-12-16-11-17(26)7-8-20(16)35-22/h2-13H,14H2,1H3,(H,29,31)(H,30,32)/b28-13+. The summed E-state index contributed by atoms with van der Waals surface area (Å²) in [5, 5.41) is 7.55. The lowest BCUT2D eigenvalue weighted by atomic mass is 10.2. The predicted molar refractivity (Wildman–Crippen MR) is 140 cm³/mol. The molecule has 2 amide bonds. The van der Waals surface area contributed by atoms with Crippen molar-refractivity contribution in [3.8, 4) is 11.5 Å². The summed E-state index contributed by atoms with van der Waals surface area (Å²) >= 11 is 6.82. The summed E-state index contributed by atoms with van der Waals surface area (Å²) in [6, 6.07) is 19.6. The van der Waals surface area contributed by atoms with Gasteiger partial charge in [0.05, 0.1) is 17.8 Å². The molecule has 0 aliphatic carbocycles. The molecule has 10 heteroatoms. The molecule has 0 saturated carbocycles. The number of nitrogens with zero attached hydrogens (tertiary/aromatic N) is 1. The number of furan rings is 1. The minimum Gasteiger partial charge on any atom is -0.493 e. The third-order valence-electron chi connectivity index (χ3n) is 4.74. The molecule has 0 bridgehead atoms. The van der Waals surface area contributed by atoms with Crippen molar-refractivity contribution >= 4 is 66.5 Å². The van der Waals surface area contributed by atoms with Gasteiger partial charge in [-0.1, -0.05) is 34.1 Å². The Bertz CT molecular complexity index is 1400. The van der Waals surface area contributed by atoms with E-state index in [9.17, 15) is 9.59 Å². The van der Waals surface area contributed by atoms with Crippen LogP contribution in [0, 0.1) is 0 Å². The van der Waals surface area contributed by atoms with Gasteiger partial charge in [0.2, 0.25) is 0 Å². The fourth-order valence-electron chi connectivity index (χ4n) is 3.16. The molecule has 178 valence electrons. The highest BCUT2D eigenvalue weighted by Gasteiger charge is 2.14. The van der Waals surface area contributed by atoms with Gasteiger partial charge >= 0.3 is 5.91 Å². The number of hydrogen-bond acceptors (Lipinski definition) is 6. The smallest absolute Gasteiger partial charge is 0.307 e. The first-order chi connectivity index (χ1) is 16.9. The van der Waals surface area contributed by atoms with E-state index in [4.69, 9.17) is 13.9 Å². The zero-order valence-electron chi connectivity index (χ0n) is 18.4. The zero-order valence-corrected chi connectivity index (χ0v) is 21.6. The molecule has 0 radical (unpaired) electrons. The van der Waals surface area contributed by atoms with Gasteiger partial charge in [-0.15, -0.1) is 0 Å². The summed E-state index contributed by atoms with van der Waals surface area (Å²) < 4.78 is 18.1. The topological polar surface area (TPSA) is 102 Å². The Balaban J connectivity index is 1.39. The summed E-state index contributed by atoms with van der Waals surface area (Å²) in [5.74, 6) is 0.111. The number of halogens is 2. The molecule has 0 aliphatic rings. The van der Waals surface area contributed by atoms with Gasteiger partial charge in [-0.3, -0.25) is 9.59 Å². The van der Waals surface area contributed by atoms with E-state index in [0.717, 1.165) is 9.86 Å². The number of hydrazone groups is 1. The van der Waals surface area contributed by atoms with Crippen LogP contribution < -0.4 is 20.2 Å². The number of amides is 2. The number of rotatable bonds is 8. The Morgan fingerprint density at radius 3 is 2.63 bits per heavy atom. The van der Waals surface area contributed by atoms with Crippen LogP contribution in [-0.2, 0) is 4.79 Å². The molecule has 0 saturated heterocycles. The molecule has 1 aromatic heterocycles. The quantitative estimate of drug-likeness (QED) is 0.198. The predicted octanol–water partition coefficient (Wildman–Crippen LogP) is 5.75. The van der Waals surface area contributed by atoms with Crippen molar-refractivity contribution in [1.82, 2.24) is 5.43 Å². The van der Waals surface area contributed by atoms with Gasteiger partial charge in [0, 0.05) is 15.5 Å². The molecule has 2 N–H and O–H groups in total. The number of ether oxygens (including phenoxy) is 2. The van der Waals surface area contributed by atoms with Gasteiger partial charge in [0.25, 0.3) is 5.91 Å². The van der Waals surface area contributed by atoms with E-state index in [-0.39, 0.29) is 18.3 Å². The number of benzene rings is 3. The lowest BCUT2D eigenvalue weighted by Crippen LogP contribution is -2.20. The van der Waals surface area contributed by atoms with Crippen LogP contribution in [0.3, 0.4) is 0 Å². The molecule has 8 nitrogen and oxygen atoms in total. The minimum absolute atomic E-state index is 0.145. The molecular weight excluding hydrogens is 582 g/mol. The number of para-hydroxylation sites is 1. The molecular formula is C25H19Br2N3O5. The van der Waals surface area contributed by atoms with Crippen LogP contribution in [0.5, 0.6) is 11.5 Å². The maximum Gasteiger partial charge on any atom is 0.307 e. The number of carbonyl (C=O) groups is 2. The molecule has 3 aromatic carbocycles. The Kier molecular flexibility index (Phi) is 7.84. The van der Waals surface area contributed by atoms with Crippen LogP contribution in [0.4, 0.5) is 5.69 Å². The monoisotopic (exact) mass is 599 g/mol. The van der Waals surface area contributed by atoms with Crippen molar-refractivity contribution in [2.45, 2.75) is 0 Å². The van der Waals surface area contributed by atoms with Crippen molar-refractivity contribution in [2.24, 2.45) is 5.10 Å². The van der Waals surface area contributed by atoms with Crippen molar-refractivity contribution in [2.75, 3.05) is 19.0 Å². The van der Waals surface area contributed by atoms with Crippen LogP contribution in [0.25, 0.3) is 11.0 Å². The summed E-state index contributed by atoms with van der Waals surface area (Å²) in [5.41, 5.74) is 4.35. The van der Waals surface area contributed by atoms with Crippen molar-refractivity contribution in [1.29, 1.82) is 0 Å². The number of methoxy groups -OCH3 is 1. The Labute approximate surface area is 217 Å². The Morgan fingerprint density at radius 2 is 1.86 bits per heavy atom. The number of fused-ring (bicyclic) bond motifs is 1. The second kappa shape index (κ2) is 11.2. The van der Waals surface area contributed by atoms with Crippen LogP contribution in [0.2, 0.25) is 0 Å². The van der Waals surface area contributed by atoms with E-state index in [2.05, 4.69) is 47.7 Å². The average molecular weight is 601 g/mol. The van der Waals surface area contributed by atoms with Crippen LogP contribution in [0.15, 0.2) is 85.2 Å². The number of anilines is 1. The first kappa shape index (κ1) is 24.5. The maximum atomic E-state index is 12.4. The first-order valence-electron chi connectivity index (χ1n) is 10.3. The van der Waals surface area contributed by atoms with Gasteiger partial charge in [0.15, 0.2) is 23.9 Å². The molecule has 0 aliphatic heterocycles. The first-order valence-corrected chi connectivity index (χ1v) is 11.9. The molecule has 0 fully saturated rings. The van der Waals surface area contributed by atoms with Crippen LogP contribution in [0.1, 0.15) is 16.1 Å². The number of nitrogens with one attached hydrogen (secondary N) is 2. The van der Waals surface area contributed by atoms with Gasteiger partial charge in [-0.05, 0) is 70.0 Å². The summed E-state index contributed by atoms with van der Waals surface area (Å²) in [4.78, 5) is 24.6. The van der Waals surface area contributed by atoms with Gasteiger partial charge in [-0.2, -0.15) is 5.10 Å². The van der Waals surface area contributed by atoms with Crippen LogP contribution in [-0.4, -0.2) is 31.7 Å². The van der Waals surface area contributed by atoms with E-state index in [1.54, 1.807) is 36.4 Å². The molecule has 4 aromatic rings. The average Bonchev–Trinajstić information content (AvgIpc) is 3.27. The largest absolute Gasteiger partial charge is 0.493 e. The molecule has 0 unspecified atom stereocenters. The van der Waals surface area contributed by atoms with Gasteiger partial charge in [-0.25, -0.2) is 5.43 Å². The summed E-state index contributed by atoms with van der Waals surface area (Å²) in [6.07, 6.45) is 1.45. The highest BCUT2D eigenvalue weighted by molar-refractivity contribution is 9.10. The van der Waals surface area contributed by atoms with E-state index < -0.39 is 5.91 Å². The lowest BCUT2D eigenvalue weighted by Gasteiger charge is -2.13. The molecule has 0 atom stereocenters. The lowest BCUT2D eigenvalue weighted by molar-refractivity contribution is -0.118. The summed E-state index contributed by atoms with van der Waals surface area (Å²) in [7, 11) is 1.49. The van der Waals surface area contributed by atoms with E-state index in [0.29, 0.717) is 32.8 Å². The van der Waals surface area contributed by atoms with Crippen molar-refractivity contribution in [3.63, 3.8) is 0 Å². The van der Waals surface area contributed by atoms with E-state index in [1.807, 2.05) is 30.3 Å². The fourth-order valence-corrected chi connectivity index (χ4v) is 4.11. The van der Waals surface area contributed by atoms with Crippen LogP contribution >= 0.6 is 31.9 Å². The van der Waals surface area contributed by atoms with E-state index >= 15 is 0 Å². The molecule has 1 heterocycles. The summed E-state index contributed by atoms with van der Waals surface area (Å²) in [6.45, 7) is -0.207. The third kappa shape index (κ3) is 6.28. The maximum absolute atomic E-state index is 12.4. The van der Waals surface area contributed by atoms with Gasteiger partial charge in [0.1, 0.15) is 5.58 Å². The highest BCUT2D eigenvalue weighted by Crippen LogP contribution is 2.36. The Morgan fingerprint density at radius 1 is 1.06 bits per heavy atom. The van der Waals surface area contributed by atoms with Gasteiger partial charge < -0.3 is 19.2 Å². The molecule has 4 rings (SSSR count). The number of carbonyl (C=O) groups excluding carboxylic acids is 2. The second-order valence-corrected chi connectivity index (χ2v) is 9.00. The Hall–Kier alpha value is -3.63.